The number of hydrogen-bond donors (Lipinski definition) is 3. The lowest BCUT2D eigenvalue weighted by atomic mass is 10.00. The number of unbranched alkanes of at least 4 members (excludes halogenated alkanes) is 1. The van der Waals surface area contributed by atoms with Gasteiger partial charge in [0.15, 0.2) is 6.29 Å². The Hall–Kier alpha value is -2.95. The molecule has 0 spiro atoms. The molecule has 31 heavy (non-hydrogen) atoms. The summed E-state index contributed by atoms with van der Waals surface area (Å²) in [4.78, 5) is 42.2. The molecule has 11 heteroatoms. The molecule has 0 saturated carbocycles. The van der Waals surface area contributed by atoms with E-state index in [1.54, 1.807) is 5.32 Å². The van der Waals surface area contributed by atoms with Crippen LogP contribution in [0.1, 0.15) is 46.3 Å². The second kappa shape index (κ2) is 13.4. The van der Waals surface area contributed by atoms with E-state index in [9.17, 15) is 32.3 Å². The van der Waals surface area contributed by atoms with Gasteiger partial charge in [-0.25, -0.2) is 4.79 Å². The summed E-state index contributed by atoms with van der Waals surface area (Å²) >= 11 is 0. The molecule has 0 saturated heterocycles. The predicted octanol–water partition coefficient (Wildman–Crippen LogP) is 2.21. The number of carboxylic acid groups (broad SMARTS) is 1. The Morgan fingerprint density at radius 1 is 1.16 bits per heavy atom. The summed E-state index contributed by atoms with van der Waals surface area (Å²) in [6.45, 7) is 5.35. The molecule has 1 aromatic rings. The van der Waals surface area contributed by atoms with Gasteiger partial charge >= 0.3 is 24.0 Å². The fraction of sp³-hybridized carbons (Fsp3) is 0.500. The van der Waals surface area contributed by atoms with Crippen molar-refractivity contribution in [2.24, 2.45) is 5.73 Å². The summed E-state index contributed by atoms with van der Waals surface area (Å²) in [6, 6.07) is 2.83. The molecule has 0 heterocycles. The van der Waals surface area contributed by atoms with Gasteiger partial charge in [-0.05, 0) is 51.2 Å². The van der Waals surface area contributed by atoms with Crippen molar-refractivity contribution in [3.05, 3.63) is 34.4 Å². The molecule has 0 unspecified atom stereocenters. The minimum Gasteiger partial charge on any atom is -0.480 e. The Balaban J connectivity index is 0.000000581. The smallest absolute Gasteiger partial charge is 0.471 e. The lowest BCUT2D eigenvalue weighted by Gasteiger charge is -2.09. The van der Waals surface area contributed by atoms with Crippen LogP contribution in [0.25, 0.3) is 0 Å². The number of carbonyl (C=O) groups is 4. The first kappa shape index (κ1) is 28.1. The lowest BCUT2D eigenvalue weighted by molar-refractivity contribution is -0.173. The number of nitrogens with one attached hydrogen (secondary N) is 1. The number of halogens is 3. The number of nitrogens with two attached hydrogens (primary N) is 1. The molecule has 0 aliphatic heterocycles. The third-order valence-corrected chi connectivity index (χ3v) is 3.97. The van der Waals surface area contributed by atoms with Gasteiger partial charge in [0, 0.05) is 6.54 Å². The first-order chi connectivity index (χ1) is 14.3. The highest BCUT2D eigenvalue weighted by atomic mass is 19.4. The molecule has 0 fully saturated rings. The van der Waals surface area contributed by atoms with Crippen LogP contribution in [0.15, 0.2) is 12.1 Å². The highest BCUT2D eigenvalue weighted by Crippen LogP contribution is 2.17. The third kappa shape index (κ3) is 11.1. The van der Waals surface area contributed by atoms with Crippen molar-refractivity contribution in [2.75, 3.05) is 13.2 Å². The number of alkyl halides is 3. The quantitative estimate of drug-likeness (QED) is 0.299. The lowest BCUT2D eigenvalue weighted by Crippen LogP contribution is -2.37. The highest BCUT2D eigenvalue weighted by molar-refractivity contribution is 5.93. The zero-order chi connectivity index (χ0) is 24.2. The summed E-state index contributed by atoms with van der Waals surface area (Å²) in [5, 5.41) is 10.1. The maximum absolute atomic E-state index is 11.7. The number of hydrogen-bond acceptors (Lipinski definition) is 6. The van der Waals surface area contributed by atoms with E-state index >= 15 is 0 Å². The average Bonchev–Trinajstić information content (AvgIpc) is 2.64. The Morgan fingerprint density at radius 2 is 1.71 bits per heavy atom. The largest absolute Gasteiger partial charge is 0.480 e. The summed E-state index contributed by atoms with van der Waals surface area (Å²) in [7, 11) is 0. The number of esters is 1. The van der Waals surface area contributed by atoms with Gasteiger partial charge in [-0.1, -0.05) is 17.7 Å². The van der Waals surface area contributed by atoms with E-state index < -0.39 is 30.1 Å². The van der Waals surface area contributed by atoms with Gasteiger partial charge in [-0.2, -0.15) is 13.2 Å². The molecule has 4 N–H and O–H groups in total. The van der Waals surface area contributed by atoms with Crippen molar-refractivity contribution in [2.45, 2.75) is 52.3 Å². The van der Waals surface area contributed by atoms with Crippen LogP contribution in [0, 0.1) is 20.8 Å². The molecule has 0 aliphatic carbocycles. The Morgan fingerprint density at radius 3 is 2.16 bits per heavy atom. The van der Waals surface area contributed by atoms with Crippen LogP contribution >= 0.6 is 0 Å². The topological polar surface area (TPSA) is 136 Å². The highest BCUT2D eigenvalue weighted by Gasteiger charge is 2.38. The summed E-state index contributed by atoms with van der Waals surface area (Å²) in [6.07, 6.45) is -3.56. The second-order valence-electron chi connectivity index (χ2n) is 6.73. The Labute approximate surface area is 177 Å². The monoisotopic (exact) mass is 448 g/mol. The first-order valence-electron chi connectivity index (χ1n) is 9.33. The minimum atomic E-state index is -4.88. The molecule has 8 nitrogen and oxygen atoms in total. The van der Waals surface area contributed by atoms with Crippen molar-refractivity contribution in [1.82, 2.24) is 5.32 Å². The van der Waals surface area contributed by atoms with Gasteiger partial charge in [0.2, 0.25) is 0 Å². The molecule has 0 radical (unpaired) electrons. The van der Waals surface area contributed by atoms with E-state index in [1.807, 2.05) is 32.9 Å². The zero-order valence-electron chi connectivity index (χ0n) is 17.5. The van der Waals surface area contributed by atoms with Gasteiger partial charge in [-0.15, -0.1) is 0 Å². The molecule has 1 aromatic carbocycles. The van der Waals surface area contributed by atoms with Crippen molar-refractivity contribution in [3.63, 3.8) is 0 Å². The third-order valence-electron chi connectivity index (χ3n) is 3.97. The van der Waals surface area contributed by atoms with Gasteiger partial charge in [-0.3, -0.25) is 14.4 Å². The van der Waals surface area contributed by atoms with Crippen LogP contribution in [0.5, 0.6) is 0 Å². The Bertz CT molecular complexity index is 758. The van der Waals surface area contributed by atoms with Crippen molar-refractivity contribution in [3.8, 4) is 0 Å². The average molecular weight is 448 g/mol. The summed E-state index contributed by atoms with van der Waals surface area (Å²) < 4.78 is 39.8. The second-order valence-corrected chi connectivity index (χ2v) is 6.73. The van der Waals surface area contributed by atoms with E-state index in [4.69, 9.17) is 15.6 Å². The Kier molecular flexibility index (Phi) is 12.1. The van der Waals surface area contributed by atoms with E-state index in [2.05, 4.69) is 0 Å². The number of aryl methyl sites for hydroxylation is 3. The van der Waals surface area contributed by atoms with E-state index in [0.717, 1.165) is 16.7 Å². The standard InChI is InChI=1S/C12H14O3.C8H13F3N2O3/c1-8-6-9(2)11(10(3)7-8)12(14)15-5-4-13;9-8(10,11)7(16)13-4-2-1-3-5(12)6(14)15/h4,6-7H,5H2,1-3H3;5H,1-4,12H2,(H,13,16)(H,14,15)/t;5-/m.0/s1. The molecule has 1 amide bonds. The number of amides is 1. The van der Waals surface area contributed by atoms with Crippen molar-refractivity contribution >= 4 is 24.1 Å². The minimum absolute atomic E-state index is 0.148. The summed E-state index contributed by atoms with van der Waals surface area (Å²) in [5.74, 6) is -3.58. The molecule has 1 atom stereocenters. The number of carbonyl (C=O) groups excluding carboxylic acids is 3. The van der Waals surface area contributed by atoms with Gasteiger partial charge in [0.1, 0.15) is 12.6 Å². The van der Waals surface area contributed by atoms with E-state index in [1.165, 1.54) is 0 Å². The van der Waals surface area contributed by atoms with Crippen LogP contribution in [-0.4, -0.2) is 54.6 Å². The fourth-order valence-corrected chi connectivity index (χ4v) is 2.60. The van der Waals surface area contributed by atoms with Crippen molar-refractivity contribution < 1.29 is 42.2 Å². The number of benzene rings is 1. The number of aldehydes is 1. The van der Waals surface area contributed by atoms with Crippen LogP contribution in [-0.2, 0) is 19.1 Å². The molecule has 174 valence electrons. The van der Waals surface area contributed by atoms with Crippen LogP contribution in [0.4, 0.5) is 13.2 Å². The molecule has 0 bridgehead atoms. The van der Waals surface area contributed by atoms with Gasteiger partial charge < -0.3 is 20.9 Å². The maximum Gasteiger partial charge on any atom is 0.471 e. The van der Waals surface area contributed by atoms with Gasteiger partial charge in [0.25, 0.3) is 0 Å². The van der Waals surface area contributed by atoms with Crippen LogP contribution < -0.4 is 11.1 Å². The molecule has 0 aliphatic rings. The number of rotatable bonds is 9. The normalized spacial score (nSPS) is 11.6. The predicted molar refractivity (Wildman–Crippen MR) is 106 cm³/mol. The molecule has 0 aromatic heterocycles. The molecular formula is C20H27F3N2O6. The van der Waals surface area contributed by atoms with E-state index in [-0.39, 0.29) is 26.0 Å². The van der Waals surface area contributed by atoms with Crippen LogP contribution in [0.3, 0.4) is 0 Å². The van der Waals surface area contributed by atoms with Gasteiger partial charge in [0.05, 0.1) is 5.56 Å². The van der Waals surface area contributed by atoms with Crippen LogP contribution in [0.2, 0.25) is 0 Å². The number of ether oxygens (including phenoxy) is 1. The SMILES string of the molecule is Cc1cc(C)c(C(=O)OCC=O)c(C)c1.N[C@@H](CCCCNC(=O)C(F)(F)F)C(=O)O. The molecular weight excluding hydrogens is 421 g/mol. The number of carboxylic acids is 1. The summed E-state index contributed by atoms with van der Waals surface area (Å²) in [5.41, 5.74) is 8.58. The number of aliphatic carboxylic acids is 1. The molecule has 1 rings (SSSR count). The fourth-order valence-electron chi connectivity index (χ4n) is 2.60. The maximum atomic E-state index is 11.7. The zero-order valence-corrected chi connectivity index (χ0v) is 17.5. The van der Waals surface area contributed by atoms with E-state index in [0.29, 0.717) is 18.3 Å². The van der Waals surface area contributed by atoms with Crippen molar-refractivity contribution in [1.29, 1.82) is 0 Å². The first-order valence-corrected chi connectivity index (χ1v) is 9.33.